The fourth-order valence-electron chi connectivity index (χ4n) is 2.78. The number of H-pyrrole nitrogens is 1. The third-order valence-electron chi connectivity index (χ3n) is 4.42. The largest absolute Gasteiger partial charge is 0.360 e. The molecule has 1 atom stereocenters. The van der Waals surface area contributed by atoms with Gasteiger partial charge in [-0.05, 0) is 43.3 Å². The van der Waals surface area contributed by atoms with Crippen molar-refractivity contribution in [3.8, 4) is 0 Å². The molecule has 0 bridgehead atoms. The molecule has 27 heavy (non-hydrogen) atoms. The van der Waals surface area contributed by atoms with Crippen LogP contribution in [-0.4, -0.2) is 17.9 Å². The van der Waals surface area contributed by atoms with Gasteiger partial charge in [-0.25, -0.2) is 0 Å². The number of nitrogens with one attached hydrogen (secondary N) is 3. The van der Waals surface area contributed by atoms with Gasteiger partial charge in [0.25, 0.3) is 5.91 Å². The van der Waals surface area contributed by atoms with E-state index in [-0.39, 0.29) is 29.4 Å². The molecule has 3 N–H and O–H groups in total. The van der Waals surface area contributed by atoms with Crippen molar-refractivity contribution >= 4 is 40.8 Å². The minimum absolute atomic E-state index is 0. The number of benzene rings is 2. The van der Waals surface area contributed by atoms with E-state index in [0.29, 0.717) is 22.5 Å². The Morgan fingerprint density at radius 2 is 2.00 bits per heavy atom. The van der Waals surface area contributed by atoms with Gasteiger partial charge in [-0.15, -0.1) is 12.4 Å². The highest BCUT2D eigenvalue weighted by Crippen LogP contribution is 2.16. The standard InChI is InChI=1S/C20H20ClN3O2.ClH/c1-12(22-2)14-5-3-4-13(8-14)10-24-20(26)17-11-23-18-7-6-15(21)9-16(18)19(17)25;/h3-9,11-12,22H,10H2,1-2H3,(H,23,25)(H,24,26);1H. The number of carbonyl (C=O) groups excluding carboxylic acids is 1. The molecule has 0 saturated carbocycles. The lowest BCUT2D eigenvalue weighted by Crippen LogP contribution is -2.28. The number of rotatable bonds is 5. The van der Waals surface area contributed by atoms with E-state index >= 15 is 0 Å². The van der Waals surface area contributed by atoms with Gasteiger partial charge < -0.3 is 15.6 Å². The zero-order valence-electron chi connectivity index (χ0n) is 15.0. The van der Waals surface area contributed by atoms with Gasteiger partial charge in [-0.2, -0.15) is 0 Å². The summed E-state index contributed by atoms with van der Waals surface area (Å²) in [4.78, 5) is 28.0. The Morgan fingerprint density at radius 1 is 1.22 bits per heavy atom. The summed E-state index contributed by atoms with van der Waals surface area (Å²) in [6.45, 7) is 2.41. The Balaban J connectivity index is 0.00000261. The van der Waals surface area contributed by atoms with E-state index in [4.69, 9.17) is 11.6 Å². The number of halogens is 2. The highest BCUT2D eigenvalue weighted by Gasteiger charge is 2.13. The molecule has 0 radical (unpaired) electrons. The van der Waals surface area contributed by atoms with Crippen LogP contribution in [0.4, 0.5) is 0 Å². The molecule has 0 spiro atoms. The molecule has 0 fully saturated rings. The van der Waals surface area contributed by atoms with Crippen LogP contribution in [0.25, 0.3) is 10.9 Å². The molecule has 0 saturated heterocycles. The van der Waals surface area contributed by atoms with Gasteiger partial charge in [0.2, 0.25) is 5.43 Å². The maximum atomic E-state index is 12.6. The lowest BCUT2D eigenvalue weighted by atomic mass is 10.1. The Labute approximate surface area is 168 Å². The summed E-state index contributed by atoms with van der Waals surface area (Å²) in [6.07, 6.45) is 1.44. The Morgan fingerprint density at radius 3 is 2.74 bits per heavy atom. The van der Waals surface area contributed by atoms with E-state index in [0.717, 1.165) is 11.1 Å². The molecule has 1 amide bonds. The van der Waals surface area contributed by atoms with E-state index in [9.17, 15) is 9.59 Å². The second-order valence-corrected chi connectivity index (χ2v) is 6.60. The van der Waals surface area contributed by atoms with Crippen LogP contribution in [0.2, 0.25) is 5.02 Å². The monoisotopic (exact) mass is 405 g/mol. The number of amides is 1. The van der Waals surface area contributed by atoms with E-state index < -0.39 is 5.91 Å². The number of aromatic amines is 1. The molecule has 5 nitrogen and oxygen atoms in total. The summed E-state index contributed by atoms with van der Waals surface area (Å²) in [6, 6.07) is 13.2. The zero-order chi connectivity index (χ0) is 18.7. The first-order chi connectivity index (χ1) is 12.5. The SMILES string of the molecule is CNC(C)c1cccc(CNC(=O)c2c[nH]c3ccc(Cl)cc3c2=O)c1.Cl. The quantitative estimate of drug-likeness (QED) is 0.603. The third kappa shape index (κ3) is 4.69. The van der Waals surface area contributed by atoms with Crippen molar-refractivity contribution in [1.29, 1.82) is 0 Å². The van der Waals surface area contributed by atoms with Crippen molar-refractivity contribution in [3.05, 3.63) is 80.6 Å². The maximum Gasteiger partial charge on any atom is 0.257 e. The smallest absolute Gasteiger partial charge is 0.257 e. The number of hydrogen-bond acceptors (Lipinski definition) is 3. The second kappa shape index (κ2) is 9.04. The predicted octanol–water partition coefficient (Wildman–Crippen LogP) is 3.81. The highest BCUT2D eigenvalue weighted by atomic mass is 35.5. The van der Waals surface area contributed by atoms with Crippen molar-refractivity contribution in [1.82, 2.24) is 15.6 Å². The fraction of sp³-hybridized carbons (Fsp3) is 0.200. The van der Waals surface area contributed by atoms with E-state index in [1.807, 2.05) is 31.3 Å². The molecular weight excluding hydrogens is 385 g/mol. The fourth-order valence-corrected chi connectivity index (χ4v) is 2.95. The van der Waals surface area contributed by atoms with Gasteiger partial charge in [-0.3, -0.25) is 9.59 Å². The van der Waals surface area contributed by atoms with Crippen LogP contribution in [0.3, 0.4) is 0 Å². The van der Waals surface area contributed by atoms with E-state index in [2.05, 4.69) is 22.5 Å². The van der Waals surface area contributed by atoms with E-state index in [1.165, 1.54) is 6.20 Å². The molecule has 0 aliphatic heterocycles. The second-order valence-electron chi connectivity index (χ2n) is 6.16. The average molecular weight is 406 g/mol. The van der Waals surface area contributed by atoms with Crippen molar-refractivity contribution in [3.63, 3.8) is 0 Å². The number of carbonyl (C=O) groups is 1. The minimum atomic E-state index is -0.416. The third-order valence-corrected chi connectivity index (χ3v) is 4.66. The van der Waals surface area contributed by atoms with Crippen molar-refractivity contribution < 1.29 is 4.79 Å². The van der Waals surface area contributed by atoms with Crippen LogP contribution in [-0.2, 0) is 6.54 Å². The van der Waals surface area contributed by atoms with Gasteiger partial charge in [-0.1, -0.05) is 35.9 Å². The molecule has 2 aromatic carbocycles. The molecule has 0 aliphatic carbocycles. The molecule has 142 valence electrons. The zero-order valence-corrected chi connectivity index (χ0v) is 16.6. The maximum absolute atomic E-state index is 12.6. The van der Waals surface area contributed by atoms with Crippen LogP contribution >= 0.6 is 24.0 Å². The number of aromatic nitrogens is 1. The molecule has 1 heterocycles. The molecule has 7 heteroatoms. The van der Waals surface area contributed by atoms with Crippen LogP contribution in [0.5, 0.6) is 0 Å². The summed E-state index contributed by atoms with van der Waals surface area (Å²) >= 11 is 5.96. The predicted molar refractivity (Wildman–Crippen MR) is 112 cm³/mol. The summed E-state index contributed by atoms with van der Waals surface area (Å²) in [5, 5.41) is 6.84. The van der Waals surface area contributed by atoms with Gasteiger partial charge >= 0.3 is 0 Å². The first-order valence-corrected chi connectivity index (χ1v) is 8.72. The van der Waals surface area contributed by atoms with Gasteiger partial charge in [0.1, 0.15) is 5.56 Å². The Bertz CT molecular complexity index is 1020. The number of hydrogen-bond donors (Lipinski definition) is 3. The van der Waals surface area contributed by atoms with E-state index in [1.54, 1.807) is 18.2 Å². The molecule has 3 aromatic rings. The molecule has 1 unspecified atom stereocenters. The molecule has 1 aromatic heterocycles. The lowest BCUT2D eigenvalue weighted by molar-refractivity contribution is 0.0949. The van der Waals surface area contributed by atoms with Gasteiger partial charge in [0.05, 0.1) is 0 Å². The van der Waals surface area contributed by atoms with Crippen LogP contribution in [0.1, 0.15) is 34.5 Å². The normalized spacial score (nSPS) is 11.7. The summed E-state index contributed by atoms with van der Waals surface area (Å²) in [7, 11) is 1.90. The summed E-state index contributed by atoms with van der Waals surface area (Å²) < 4.78 is 0. The van der Waals surface area contributed by atoms with Crippen molar-refractivity contribution in [2.45, 2.75) is 19.5 Å². The minimum Gasteiger partial charge on any atom is -0.360 e. The van der Waals surface area contributed by atoms with Gasteiger partial charge in [0.15, 0.2) is 0 Å². The topological polar surface area (TPSA) is 74.0 Å². The number of pyridine rings is 1. The Hall–Kier alpha value is -2.34. The Kier molecular flexibility index (Phi) is 7.02. The molecular formula is C20H21Cl2N3O2. The highest BCUT2D eigenvalue weighted by molar-refractivity contribution is 6.31. The molecule has 0 aliphatic rings. The van der Waals surface area contributed by atoms with Crippen molar-refractivity contribution in [2.24, 2.45) is 0 Å². The summed E-state index contributed by atoms with van der Waals surface area (Å²) in [5.41, 5.74) is 2.48. The first-order valence-electron chi connectivity index (χ1n) is 8.35. The lowest BCUT2D eigenvalue weighted by Gasteiger charge is -2.12. The van der Waals surface area contributed by atoms with Crippen LogP contribution in [0, 0.1) is 0 Å². The first kappa shape index (κ1) is 21.0. The molecule has 3 rings (SSSR count). The number of fused-ring (bicyclic) bond motifs is 1. The van der Waals surface area contributed by atoms with Crippen molar-refractivity contribution in [2.75, 3.05) is 7.05 Å². The van der Waals surface area contributed by atoms with Crippen LogP contribution < -0.4 is 16.1 Å². The summed E-state index contributed by atoms with van der Waals surface area (Å²) in [5.74, 6) is -0.416. The average Bonchev–Trinajstić information content (AvgIpc) is 2.66. The van der Waals surface area contributed by atoms with Gasteiger partial charge in [0, 0.05) is 34.7 Å². The van der Waals surface area contributed by atoms with Crippen LogP contribution in [0.15, 0.2) is 53.5 Å².